The van der Waals surface area contributed by atoms with Crippen molar-refractivity contribution < 1.29 is 18.0 Å². The number of hydrogen-bond acceptors (Lipinski definition) is 2. The summed E-state index contributed by atoms with van der Waals surface area (Å²) >= 11 is 1.50. The molecule has 0 aliphatic carbocycles. The zero-order valence-electron chi connectivity index (χ0n) is 8.25. The number of thioether (sulfide) groups is 1. The second-order valence-corrected chi connectivity index (χ2v) is 4.77. The summed E-state index contributed by atoms with van der Waals surface area (Å²) in [7, 11) is 0. The van der Waals surface area contributed by atoms with Gasteiger partial charge in [0.2, 0.25) is 0 Å². The average molecular weight is 246 g/mol. The molecule has 0 fully saturated rings. The van der Waals surface area contributed by atoms with E-state index in [0.717, 1.165) is 29.1 Å². The second kappa shape index (κ2) is 4.13. The fourth-order valence-electron chi connectivity index (χ4n) is 1.74. The monoisotopic (exact) mass is 246 g/mol. The van der Waals surface area contributed by atoms with E-state index >= 15 is 0 Å². The molecule has 1 aromatic carbocycles. The van der Waals surface area contributed by atoms with Gasteiger partial charge >= 0.3 is 6.18 Å². The SMILES string of the molecule is O=CC1CCSc2ccc(C(F)(F)F)cc21. The molecular formula is C11H9F3OS. The van der Waals surface area contributed by atoms with Crippen molar-refractivity contribution in [3.05, 3.63) is 29.3 Å². The Morgan fingerprint density at radius 2 is 2.12 bits per heavy atom. The summed E-state index contributed by atoms with van der Waals surface area (Å²) in [5, 5.41) is 0. The second-order valence-electron chi connectivity index (χ2n) is 3.63. The van der Waals surface area contributed by atoms with E-state index in [1.807, 2.05) is 0 Å². The number of halogens is 3. The van der Waals surface area contributed by atoms with Gasteiger partial charge in [-0.2, -0.15) is 13.2 Å². The van der Waals surface area contributed by atoms with Crippen LogP contribution in [-0.2, 0) is 11.0 Å². The summed E-state index contributed by atoms with van der Waals surface area (Å²) in [6.45, 7) is 0. The van der Waals surface area contributed by atoms with E-state index in [9.17, 15) is 18.0 Å². The zero-order valence-corrected chi connectivity index (χ0v) is 9.07. The van der Waals surface area contributed by atoms with Crippen LogP contribution in [0, 0.1) is 0 Å². The largest absolute Gasteiger partial charge is 0.416 e. The highest BCUT2D eigenvalue weighted by atomic mass is 32.2. The Labute approximate surface area is 95.0 Å². The van der Waals surface area contributed by atoms with E-state index in [4.69, 9.17) is 0 Å². The van der Waals surface area contributed by atoms with Crippen LogP contribution in [0.1, 0.15) is 23.5 Å². The molecule has 0 spiro atoms. The van der Waals surface area contributed by atoms with Gasteiger partial charge in [-0.05, 0) is 35.9 Å². The smallest absolute Gasteiger partial charge is 0.303 e. The van der Waals surface area contributed by atoms with E-state index in [-0.39, 0.29) is 0 Å². The Morgan fingerprint density at radius 1 is 1.38 bits per heavy atom. The average Bonchev–Trinajstić information content (AvgIpc) is 2.26. The molecule has 86 valence electrons. The summed E-state index contributed by atoms with van der Waals surface area (Å²) in [6.07, 6.45) is -2.99. The highest BCUT2D eigenvalue weighted by Crippen LogP contribution is 2.40. The Morgan fingerprint density at radius 3 is 2.75 bits per heavy atom. The van der Waals surface area contributed by atoms with Gasteiger partial charge in [0.15, 0.2) is 0 Å². The minimum Gasteiger partial charge on any atom is -0.303 e. The molecule has 0 bridgehead atoms. The molecule has 0 N–H and O–H groups in total. The molecule has 1 nitrogen and oxygen atoms in total. The van der Waals surface area contributed by atoms with Gasteiger partial charge in [-0.15, -0.1) is 11.8 Å². The van der Waals surface area contributed by atoms with Crippen molar-refractivity contribution >= 4 is 18.0 Å². The molecule has 1 unspecified atom stereocenters. The summed E-state index contributed by atoms with van der Waals surface area (Å²) in [6, 6.07) is 3.62. The van der Waals surface area contributed by atoms with E-state index in [2.05, 4.69) is 0 Å². The van der Waals surface area contributed by atoms with Gasteiger partial charge in [0.25, 0.3) is 0 Å². The zero-order chi connectivity index (χ0) is 11.8. The van der Waals surface area contributed by atoms with E-state index in [0.29, 0.717) is 12.0 Å². The molecule has 1 heterocycles. The topological polar surface area (TPSA) is 17.1 Å². The van der Waals surface area contributed by atoms with Gasteiger partial charge in [0.05, 0.1) is 5.56 Å². The Balaban J connectivity index is 2.46. The third kappa shape index (κ3) is 2.09. The van der Waals surface area contributed by atoms with E-state index in [1.54, 1.807) is 0 Å². The number of rotatable bonds is 1. The van der Waals surface area contributed by atoms with Crippen LogP contribution in [-0.4, -0.2) is 12.0 Å². The van der Waals surface area contributed by atoms with Crippen LogP contribution in [0.15, 0.2) is 23.1 Å². The standard InChI is InChI=1S/C11H9F3OS/c12-11(13,14)8-1-2-10-9(5-8)7(6-15)3-4-16-10/h1-2,5-7H,3-4H2. The van der Waals surface area contributed by atoms with Crippen LogP contribution in [0.4, 0.5) is 13.2 Å². The summed E-state index contributed by atoms with van der Waals surface area (Å²) < 4.78 is 37.5. The van der Waals surface area contributed by atoms with Crippen LogP contribution in [0.5, 0.6) is 0 Å². The summed E-state index contributed by atoms with van der Waals surface area (Å²) in [5.41, 5.74) is -0.165. The molecular weight excluding hydrogens is 237 g/mol. The molecule has 1 aliphatic rings. The number of alkyl halides is 3. The fourth-order valence-corrected chi connectivity index (χ4v) is 2.87. The van der Waals surface area contributed by atoms with Gasteiger partial charge in [0, 0.05) is 10.8 Å². The summed E-state index contributed by atoms with van der Waals surface area (Å²) in [4.78, 5) is 11.6. The van der Waals surface area contributed by atoms with Crippen molar-refractivity contribution in [2.75, 3.05) is 5.75 Å². The number of hydrogen-bond donors (Lipinski definition) is 0. The van der Waals surface area contributed by atoms with Crippen molar-refractivity contribution in [2.24, 2.45) is 0 Å². The summed E-state index contributed by atoms with van der Waals surface area (Å²) in [5.74, 6) is 0.389. The van der Waals surface area contributed by atoms with Gasteiger partial charge in [-0.3, -0.25) is 0 Å². The molecule has 0 aromatic heterocycles. The maximum atomic E-state index is 12.5. The molecule has 0 saturated heterocycles. The lowest BCUT2D eigenvalue weighted by Crippen LogP contribution is -2.12. The van der Waals surface area contributed by atoms with Crippen molar-refractivity contribution in [3.63, 3.8) is 0 Å². The molecule has 0 radical (unpaired) electrons. The van der Waals surface area contributed by atoms with Crippen LogP contribution in [0.2, 0.25) is 0 Å². The van der Waals surface area contributed by atoms with Crippen molar-refractivity contribution in [2.45, 2.75) is 23.4 Å². The molecule has 0 saturated carbocycles. The third-order valence-electron chi connectivity index (χ3n) is 2.59. The number of benzene rings is 1. The first kappa shape index (κ1) is 11.5. The van der Waals surface area contributed by atoms with Crippen LogP contribution in [0.3, 0.4) is 0 Å². The number of carbonyl (C=O) groups is 1. The molecule has 5 heteroatoms. The number of carbonyl (C=O) groups excluding carboxylic acids is 1. The van der Waals surface area contributed by atoms with Crippen molar-refractivity contribution in [1.82, 2.24) is 0 Å². The molecule has 1 atom stereocenters. The molecule has 1 aromatic rings. The van der Waals surface area contributed by atoms with Crippen molar-refractivity contribution in [1.29, 1.82) is 0 Å². The lowest BCUT2D eigenvalue weighted by Gasteiger charge is -2.21. The third-order valence-corrected chi connectivity index (χ3v) is 3.71. The van der Waals surface area contributed by atoms with Gasteiger partial charge < -0.3 is 4.79 Å². The molecule has 2 rings (SSSR count). The van der Waals surface area contributed by atoms with Gasteiger partial charge in [-0.25, -0.2) is 0 Å². The first-order chi connectivity index (χ1) is 7.52. The minimum absolute atomic E-state index is 0.390. The number of fused-ring (bicyclic) bond motifs is 1. The molecule has 1 aliphatic heterocycles. The quantitative estimate of drug-likeness (QED) is 0.706. The van der Waals surface area contributed by atoms with E-state index < -0.39 is 17.7 Å². The highest BCUT2D eigenvalue weighted by molar-refractivity contribution is 7.99. The van der Waals surface area contributed by atoms with Crippen molar-refractivity contribution in [3.8, 4) is 0 Å². The Hall–Kier alpha value is -0.970. The highest BCUT2D eigenvalue weighted by Gasteiger charge is 2.32. The van der Waals surface area contributed by atoms with Gasteiger partial charge in [-0.1, -0.05) is 0 Å². The first-order valence-corrected chi connectivity index (χ1v) is 5.80. The lowest BCUT2D eigenvalue weighted by molar-refractivity contribution is -0.137. The number of aldehydes is 1. The predicted octanol–water partition coefficient (Wildman–Crippen LogP) is 3.48. The predicted molar refractivity (Wildman–Crippen MR) is 55.6 cm³/mol. The lowest BCUT2D eigenvalue weighted by atomic mass is 9.95. The fraction of sp³-hybridized carbons (Fsp3) is 0.364. The van der Waals surface area contributed by atoms with Crippen LogP contribution >= 0.6 is 11.8 Å². The molecule has 16 heavy (non-hydrogen) atoms. The Bertz CT molecular complexity index is 414. The molecule has 0 amide bonds. The van der Waals surface area contributed by atoms with Crippen LogP contribution in [0.25, 0.3) is 0 Å². The minimum atomic E-state index is -4.34. The Kier molecular flexibility index (Phi) is 2.97. The van der Waals surface area contributed by atoms with Crippen LogP contribution < -0.4 is 0 Å². The normalized spacial score (nSPS) is 20.3. The maximum absolute atomic E-state index is 12.5. The van der Waals surface area contributed by atoms with Gasteiger partial charge in [0.1, 0.15) is 6.29 Å². The van der Waals surface area contributed by atoms with E-state index in [1.165, 1.54) is 17.8 Å². The maximum Gasteiger partial charge on any atom is 0.416 e. The first-order valence-electron chi connectivity index (χ1n) is 4.81.